The van der Waals surface area contributed by atoms with E-state index < -0.39 is 5.41 Å². The average molecular weight is 497 g/mol. The molecule has 6 heteroatoms. The molecule has 0 aliphatic heterocycles. The van der Waals surface area contributed by atoms with Gasteiger partial charge in [0.1, 0.15) is 12.4 Å². The molecule has 0 heterocycles. The summed E-state index contributed by atoms with van der Waals surface area (Å²) in [6, 6.07) is 12.6. The minimum Gasteiger partial charge on any atom is -0.485 e. The smallest absolute Gasteiger partial charge is 0.306 e. The first-order chi connectivity index (χ1) is 17.1. The first-order valence-corrected chi connectivity index (χ1v) is 13.0. The summed E-state index contributed by atoms with van der Waals surface area (Å²) in [6.07, 6.45) is 2.73. The number of carbonyl (C=O) groups is 2. The Morgan fingerprint density at radius 2 is 1.42 bits per heavy atom. The largest absolute Gasteiger partial charge is 0.485 e. The maximum absolute atomic E-state index is 12.4. The van der Waals surface area contributed by atoms with E-state index in [1.807, 2.05) is 33.8 Å². The number of ether oxygens (including phenoxy) is 2. The summed E-state index contributed by atoms with van der Waals surface area (Å²) in [7, 11) is 0. The molecule has 0 saturated heterocycles. The number of carbonyl (C=O) groups excluding carboxylic acids is 2. The molecule has 0 bridgehead atoms. The molecule has 2 aromatic carbocycles. The number of benzene rings is 2. The van der Waals surface area contributed by atoms with Gasteiger partial charge >= 0.3 is 5.97 Å². The van der Waals surface area contributed by atoms with Crippen LogP contribution in [0.15, 0.2) is 36.4 Å². The van der Waals surface area contributed by atoms with Gasteiger partial charge in [-0.25, -0.2) is 0 Å². The van der Waals surface area contributed by atoms with Gasteiger partial charge in [-0.3, -0.25) is 9.59 Å². The summed E-state index contributed by atoms with van der Waals surface area (Å²) >= 11 is 0. The highest BCUT2D eigenvalue weighted by molar-refractivity contribution is 5.85. The third-order valence-corrected chi connectivity index (χ3v) is 7.12. The molecule has 4 N–H and O–H groups in total. The molecule has 0 aliphatic rings. The second-order valence-electron chi connectivity index (χ2n) is 10.3. The third kappa shape index (κ3) is 6.95. The Kier molecular flexibility index (Phi) is 10.7. The lowest BCUT2D eigenvalue weighted by atomic mass is 9.69. The third-order valence-electron chi connectivity index (χ3n) is 7.12. The van der Waals surface area contributed by atoms with E-state index in [1.54, 1.807) is 0 Å². The topological polar surface area (TPSA) is 105 Å². The quantitative estimate of drug-likeness (QED) is 0.369. The highest BCUT2D eigenvalue weighted by Gasteiger charge is 2.32. The van der Waals surface area contributed by atoms with Crippen LogP contribution in [0.5, 0.6) is 5.75 Å². The van der Waals surface area contributed by atoms with Gasteiger partial charge in [0, 0.05) is 35.9 Å². The van der Waals surface area contributed by atoms with Gasteiger partial charge in [-0.1, -0.05) is 58.9 Å². The van der Waals surface area contributed by atoms with E-state index in [4.69, 9.17) is 20.9 Å². The highest BCUT2D eigenvalue weighted by Crippen LogP contribution is 2.41. The molecule has 2 rings (SSSR count). The molecule has 36 heavy (non-hydrogen) atoms. The number of hydrogen-bond donors (Lipinski definition) is 2. The molecule has 0 aromatic heterocycles. The van der Waals surface area contributed by atoms with Crippen LogP contribution in [0.4, 0.5) is 0 Å². The Morgan fingerprint density at radius 1 is 0.833 bits per heavy atom. The number of hydrogen-bond acceptors (Lipinski definition) is 6. The van der Waals surface area contributed by atoms with Crippen LogP contribution >= 0.6 is 0 Å². The molecule has 0 amide bonds. The number of nitrogens with two attached hydrogens (primary N) is 2. The maximum Gasteiger partial charge on any atom is 0.306 e. The van der Waals surface area contributed by atoms with Gasteiger partial charge in [-0.15, -0.1) is 0 Å². The summed E-state index contributed by atoms with van der Waals surface area (Å²) in [5, 5.41) is 0. The van der Waals surface area contributed by atoms with Gasteiger partial charge in [-0.05, 0) is 60.6 Å². The van der Waals surface area contributed by atoms with Gasteiger partial charge < -0.3 is 20.9 Å². The van der Waals surface area contributed by atoms with Crippen LogP contribution in [0.2, 0.25) is 0 Å². The Labute approximate surface area is 216 Å². The first-order valence-electron chi connectivity index (χ1n) is 13.0. The van der Waals surface area contributed by atoms with E-state index in [9.17, 15) is 9.59 Å². The zero-order chi connectivity index (χ0) is 26.9. The van der Waals surface area contributed by atoms with E-state index in [-0.39, 0.29) is 23.8 Å². The second kappa shape index (κ2) is 13.0. The lowest BCUT2D eigenvalue weighted by Gasteiger charge is -2.34. The van der Waals surface area contributed by atoms with Crippen molar-refractivity contribution in [3.63, 3.8) is 0 Å². The fourth-order valence-electron chi connectivity index (χ4n) is 4.60. The predicted octanol–water partition coefficient (Wildman–Crippen LogP) is 5.20. The van der Waals surface area contributed by atoms with Crippen molar-refractivity contribution in [2.24, 2.45) is 16.9 Å². The molecule has 198 valence electrons. The van der Waals surface area contributed by atoms with Crippen LogP contribution in [0, 0.1) is 5.41 Å². The number of rotatable bonds is 13. The first kappa shape index (κ1) is 29.5. The standard InChI is InChI=1S/C30H44N2O4/c1-7-30(8-2,24-12-10-21(22(16-24)18-31)11-15-28(34)35-9-3)25-13-14-26(23(17-25)19-32)36-20-27(33)29(4,5)6/h10,12-14,16-17H,7-9,11,15,18-20,31-32H2,1-6H3. The number of esters is 1. The monoisotopic (exact) mass is 496 g/mol. The zero-order valence-electron chi connectivity index (χ0n) is 22.9. The normalized spacial score (nSPS) is 11.9. The summed E-state index contributed by atoms with van der Waals surface area (Å²) in [5.41, 5.74) is 16.9. The fraction of sp³-hybridized carbons (Fsp3) is 0.533. The van der Waals surface area contributed by atoms with Gasteiger partial charge in [0.05, 0.1) is 6.61 Å². The summed E-state index contributed by atoms with van der Waals surface area (Å²) < 4.78 is 11.0. The van der Waals surface area contributed by atoms with E-state index >= 15 is 0 Å². The van der Waals surface area contributed by atoms with Crippen molar-refractivity contribution in [3.05, 3.63) is 64.2 Å². The Bertz CT molecular complexity index is 1040. The van der Waals surface area contributed by atoms with Gasteiger partial charge in [0.2, 0.25) is 0 Å². The molecule has 0 fully saturated rings. The van der Waals surface area contributed by atoms with Crippen molar-refractivity contribution in [2.45, 2.75) is 85.7 Å². The predicted molar refractivity (Wildman–Crippen MR) is 145 cm³/mol. The fourth-order valence-corrected chi connectivity index (χ4v) is 4.60. The molecule has 0 atom stereocenters. The Morgan fingerprint density at radius 3 is 1.94 bits per heavy atom. The molecule has 0 spiro atoms. The summed E-state index contributed by atoms with van der Waals surface area (Å²) in [4.78, 5) is 24.2. The molecule has 0 radical (unpaired) electrons. The van der Waals surface area contributed by atoms with Crippen molar-refractivity contribution in [1.29, 1.82) is 0 Å². The van der Waals surface area contributed by atoms with Crippen molar-refractivity contribution >= 4 is 11.8 Å². The second-order valence-corrected chi connectivity index (χ2v) is 10.3. The van der Waals surface area contributed by atoms with Crippen molar-refractivity contribution in [1.82, 2.24) is 0 Å². The molecule has 0 saturated carbocycles. The van der Waals surface area contributed by atoms with Crippen LogP contribution < -0.4 is 16.2 Å². The maximum atomic E-state index is 12.4. The molecule has 2 aromatic rings. The van der Waals surface area contributed by atoms with Crippen molar-refractivity contribution in [2.75, 3.05) is 13.2 Å². The highest BCUT2D eigenvalue weighted by atomic mass is 16.5. The summed E-state index contributed by atoms with van der Waals surface area (Å²) in [5.74, 6) is 0.502. The van der Waals surface area contributed by atoms with Gasteiger partial charge in [-0.2, -0.15) is 0 Å². The number of aryl methyl sites for hydroxylation is 1. The van der Waals surface area contributed by atoms with Crippen LogP contribution in [-0.2, 0) is 39.3 Å². The summed E-state index contributed by atoms with van der Waals surface area (Å²) in [6.45, 7) is 13.0. The van der Waals surface area contributed by atoms with E-state index in [0.717, 1.165) is 35.1 Å². The molecule has 0 aliphatic carbocycles. The average Bonchev–Trinajstić information content (AvgIpc) is 2.87. The van der Waals surface area contributed by atoms with E-state index in [1.165, 1.54) is 5.56 Å². The Balaban J connectivity index is 2.40. The SMILES string of the molecule is CCOC(=O)CCc1ccc(C(CC)(CC)c2ccc(OCC(=O)C(C)(C)C)c(CN)c2)cc1CN. The molecular weight excluding hydrogens is 452 g/mol. The van der Waals surface area contributed by atoms with Crippen LogP contribution in [0.25, 0.3) is 0 Å². The molecule has 0 unspecified atom stereocenters. The van der Waals surface area contributed by atoms with Crippen LogP contribution in [-0.4, -0.2) is 25.0 Å². The molecular formula is C30H44N2O4. The van der Waals surface area contributed by atoms with Crippen molar-refractivity contribution in [3.8, 4) is 5.75 Å². The lowest BCUT2D eigenvalue weighted by molar-refractivity contribution is -0.143. The number of ketones is 1. The minimum absolute atomic E-state index is 0.0235. The minimum atomic E-state index is -0.453. The van der Waals surface area contributed by atoms with Crippen LogP contribution in [0.3, 0.4) is 0 Å². The molecule has 6 nitrogen and oxygen atoms in total. The van der Waals surface area contributed by atoms with E-state index in [0.29, 0.717) is 38.3 Å². The van der Waals surface area contributed by atoms with Gasteiger partial charge in [0.15, 0.2) is 5.78 Å². The van der Waals surface area contributed by atoms with Crippen molar-refractivity contribution < 1.29 is 19.1 Å². The zero-order valence-corrected chi connectivity index (χ0v) is 22.9. The van der Waals surface area contributed by atoms with E-state index in [2.05, 4.69) is 44.2 Å². The lowest BCUT2D eigenvalue weighted by Crippen LogP contribution is -2.28. The Hall–Kier alpha value is -2.70. The number of Topliss-reactive ketones (excluding diaryl/α,β-unsaturated/α-hetero) is 1. The van der Waals surface area contributed by atoms with Crippen LogP contribution in [0.1, 0.15) is 88.6 Å². The van der Waals surface area contributed by atoms with Gasteiger partial charge in [0.25, 0.3) is 0 Å².